The van der Waals surface area contributed by atoms with Gasteiger partial charge < -0.3 is 10.1 Å². The molecule has 0 amide bonds. The molecule has 0 aromatic carbocycles. The summed E-state index contributed by atoms with van der Waals surface area (Å²) < 4.78 is 5.65. The quantitative estimate of drug-likeness (QED) is 0.725. The van der Waals surface area contributed by atoms with E-state index in [2.05, 4.69) is 5.32 Å². The lowest BCUT2D eigenvalue weighted by molar-refractivity contribution is -0.0771. The molecule has 0 unspecified atom stereocenters. The average Bonchev–Trinajstić information content (AvgIpc) is 2.50. The van der Waals surface area contributed by atoms with Gasteiger partial charge in [0.1, 0.15) is 0 Å². The summed E-state index contributed by atoms with van der Waals surface area (Å²) in [7, 11) is 1.88. The Morgan fingerprint density at radius 2 is 1.75 bits per heavy atom. The van der Waals surface area contributed by atoms with Gasteiger partial charge in [0, 0.05) is 13.2 Å². The summed E-state index contributed by atoms with van der Waals surface area (Å²) in [6.07, 6.45) is 13.6. The van der Waals surface area contributed by atoms with Crippen LogP contribution in [0.5, 0.6) is 0 Å². The van der Waals surface area contributed by atoms with Gasteiger partial charge in [-0.2, -0.15) is 0 Å². The second-order valence-corrected chi connectivity index (χ2v) is 5.63. The zero-order valence-corrected chi connectivity index (χ0v) is 10.8. The van der Waals surface area contributed by atoms with Crippen molar-refractivity contribution in [2.24, 2.45) is 0 Å². The number of ether oxygens (including phenoxy) is 1. The first-order chi connectivity index (χ1) is 7.85. The van der Waals surface area contributed by atoms with Gasteiger partial charge >= 0.3 is 0 Å². The highest BCUT2D eigenvalue weighted by atomic mass is 16.5. The minimum absolute atomic E-state index is 0.248. The van der Waals surface area contributed by atoms with Crippen LogP contribution in [0.15, 0.2) is 0 Å². The van der Waals surface area contributed by atoms with Crippen LogP contribution in [0.3, 0.4) is 0 Å². The zero-order valence-electron chi connectivity index (χ0n) is 10.8. The summed E-state index contributed by atoms with van der Waals surface area (Å²) in [6, 6.07) is 0.788. The maximum atomic E-state index is 5.65. The Kier molecular flexibility index (Phi) is 4.66. The van der Waals surface area contributed by atoms with Crippen molar-refractivity contribution in [2.75, 3.05) is 13.7 Å². The Morgan fingerprint density at radius 3 is 2.25 bits per heavy atom. The summed E-state index contributed by atoms with van der Waals surface area (Å²) in [4.78, 5) is 0. The molecule has 0 saturated heterocycles. The molecule has 2 nitrogen and oxygen atoms in total. The van der Waals surface area contributed by atoms with Crippen LogP contribution in [0.2, 0.25) is 0 Å². The largest absolute Gasteiger partial charge is 0.378 e. The van der Waals surface area contributed by atoms with Gasteiger partial charge in [-0.3, -0.25) is 0 Å². The summed E-state index contributed by atoms with van der Waals surface area (Å²) >= 11 is 0. The molecule has 2 aliphatic rings. The van der Waals surface area contributed by atoms with E-state index in [1.807, 2.05) is 7.11 Å². The van der Waals surface area contributed by atoms with E-state index in [4.69, 9.17) is 4.74 Å². The van der Waals surface area contributed by atoms with E-state index >= 15 is 0 Å². The maximum absolute atomic E-state index is 5.65. The highest BCUT2D eigenvalue weighted by Crippen LogP contribution is 2.37. The highest BCUT2D eigenvalue weighted by molar-refractivity contribution is 4.90. The molecule has 2 rings (SSSR count). The van der Waals surface area contributed by atoms with E-state index in [9.17, 15) is 0 Å². The first-order valence-corrected chi connectivity index (χ1v) is 7.13. The third-order valence-electron chi connectivity index (χ3n) is 4.57. The van der Waals surface area contributed by atoms with Crippen molar-refractivity contribution in [3.8, 4) is 0 Å². The number of methoxy groups -OCH3 is 1. The Morgan fingerprint density at radius 1 is 1.06 bits per heavy atom. The maximum Gasteiger partial charge on any atom is 0.0690 e. The van der Waals surface area contributed by atoms with Crippen LogP contribution < -0.4 is 5.32 Å². The minimum Gasteiger partial charge on any atom is -0.378 e. The summed E-state index contributed by atoms with van der Waals surface area (Å²) in [5.74, 6) is 0. The lowest BCUT2D eigenvalue weighted by Crippen LogP contribution is -2.43. The molecular weight excluding hydrogens is 198 g/mol. The molecule has 2 aliphatic carbocycles. The molecular formula is C14H27NO. The van der Waals surface area contributed by atoms with Gasteiger partial charge in [0.15, 0.2) is 0 Å². The number of rotatable bonds is 5. The third kappa shape index (κ3) is 3.21. The lowest BCUT2D eigenvalue weighted by Gasteiger charge is -2.41. The van der Waals surface area contributed by atoms with Crippen LogP contribution in [0.4, 0.5) is 0 Å². The van der Waals surface area contributed by atoms with E-state index in [-0.39, 0.29) is 5.60 Å². The van der Waals surface area contributed by atoms with Crippen molar-refractivity contribution in [2.45, 2.75) is 75.9 Å². The van der Waals surface area contributed by atoms with Crippen molar-refractivity contribution in [3.05, 3.63) is 0 Å². The standard InChI is InChI=1S/C14H27NO/c1-16-14(9-6-10-14)11-12-15-13-7-4-2-3-5-8-13/h13,15H,2-12H2,1H3. The SMILES string of the molecule is COC1(CCNC2CCCCCC2)CCC1. The van der Waals surface area contributed by atoms with Gasteiger partial charge in [-0.1, -0.05) is 25.7 Å². The van der Waals surface area contributed by atoms with Crippen molar-refractivity contribution >= 4 is 0 Å². The van der Waals surface area contributed by atoms with Crippen LogP contribution >= 0.6 is 0 Å². The molecule has 0 heterocycles. The van der Waals surface area contributed by atoms with E-state index in [1.165, 1.54) is 64.2 Å². The van der Waals surface area contributed by atoms with Crippen LogP contribution in [-0.4, -0.2) is 25.3 Å². The smallest absolute Gasteiger partial charge is 0.0690 e. The van der Waals surface area contributed by atoms with Crippen molar-refractivity contribution in [1.29, 1.82) is 0 Å². The molecule has 0 radical (unpaired) electrons. The Labute approximate surface area is 100 Å². The van der Waals surface area contributed by atoms with Crippen LogP contribution in [0.1, 0.15) is 64.2 Å². The molecule has 0 atom stereocenters. The molecule has 0 bridgehead atoms. The highest BCUT2D eigenvalue weighted by Gasteiger charge is 2.36. The Bertz CT molecular complexity index is 187. The fourth-order valence-corrected chi connectivity index (χ4v) is 3.11. The van der Waals surface area contributed by atoms with Crippen LogP contribution in [0.25, 0.3) is 0 Å². The molecule has 2 saturated carbocycles. The first kappa shape index (κ1) is 12.4. The predicted octanol–water partition coefficient (Wildman–Crippen LogP) is 3.26. The summed E-state index contributed by atoms with van der Waals surface area (Å²) in [5, 5.41) is 3.74. The molecule has 0 aromatic heterocycles. The van der Waals surface area contributed by atoms with Crippen molar-refractivity contribution < 1.29 is 4.74 Å². The van der Waals surface area contributed by atoms with Gasteiger partial charge in [-0.05, 0) is 45.1 Å². The predicted molar refractivity (Wildman–Crippen MR) is 67.7 cm³/mol. The van der Waals surface area contributed by atoms with Gasteiger partial charge in [-0.25, -0.2) is 0 Å². The molecule has 94 valence electrons. The molecule has 0 aromatic rings. The Hall–Kier alpha value is -0.0800. The second-order valence-electron chi connectivity index (χ2n) is 5.63. The fourth-order valence-electron chi connectivity index (χ4n) is 3.11. The molecule has 1 N–H and O–H groups in total. The number of hydrogen-bond acceptors (Lipinski definition) is 2. The number of nitrogens with one attached hydrogen (secondary N) is 1. The molecule has 2 heteroatoms. The van der Waals surface area contributed by atoms with Crippen molar-refractivity contribution in [3.63, 3.8) is 0 Å². The molecule has 0 spiro atoms. The zero-order chi connectivity index (χ0) is 11.3. The minimum atomic E-state index is 0.248. The fraction of sp³-hybridized carbons (Fsp3) is 1.00. The van der Waals surface area contributed by atoms with Crippen LogP contribution in [0, 0.1) is 0 Å². The van der Waals surface area contributed by atoms with Gasteiger partial charge in [-0.15, -0.1) is 0 Å². The van der Waals surface area contributed by atoms with E-state index in [1.54, 1.807) is 0 Å². The van der Waals surface area contributed by atoms with E-state index in [0.717, 1.165) is 12.6 Å². The van der Waals surface area contributed by atoms with E-state index < -0.39 is 0 Å². The normalized spacial score (nSPS) is 26.1. The monoisotopic (exact) mass is 225 g/mol. The topological polar surface area (TPSA) is 21.3 Å². The average molecular weight is 225 g/mol. The lowest BCUT2D eigenvalue weighted by atomic mass is 9.77. The molecule has 0 aliphatic heterocycles. The molecule has 2 fully saturated rings. The van der Waals surface area contributed by atoms with Gasteiger partial charge in [0.2, 0.25) is 0 Å². The second kappa shape index (κ2) is 6.02. The van der Waals surface area contributed by atoms with E-state index in [0.29, 0.717) is 0 Å². The van der Waals surface area contributed by atoms with Crippen LogP contribution in [-0.2, 0) is 4.74 Å². The molecule has 16 heavy (non-hydrogen) atoms. The number of hydrogen-bond donors (Lipinski definition) is 1. The first-order valence-electron chi connectivity index (χ1n) is 7.13. The van der Waals surface area contributed by atoms with Gasteiger partial charge in [0.25, 0.3) is 0 Å². The van der Waals surface area contributed by atoms with Gasteiger partial charge in [0.05, 0.1) is 5.60 Å². The van der Waals surface area contributed by atoms with Crippen molar-refractivity contribution in [1.82, 2.24) is 5.32 Å². The summed E-state index contributed by atoms with van der Waals surface area (Å²) in [5.41, 5.74) is 0.248. The Balaban J connectivity index is 1.62. The summed E-state index contributed by atoms with van der Waals surface area (Å²) in [6.45, 7) is 1.15. The third-order valence-corrected chi connectivity index (χ3v) is 4.57.